The zero-order valence-electron chi connectivity index (χ0n) is 14.6. The molecule has 0 aliphatic carbocycles. The Morgan fingerprint density at radius 2 is 1.96 bits per heavy atom. The first-order chi connectivity index (χ1) is 13.7. The summed E-state index contributed by atoms with van der Waals surface area (Å²) in [4.78, 5) is 12.6. The molecule has 0 radical (unpaired) electrons. The van der Waals surface area contributed by atoms with E-state index in [1.165, 1.54) is 11.8 Å². The number of benzene rings is 2. The van der Waals surface area contributed by atoms with Crippen LogP contribution < -0.4 is 9.75 Å². The number of nitriles is 1. The van der Waals surface area contributed by atoms with E-state index in [9.17, 15) is 10.1 Å². The number of nitrogens with zero attached hydrogens (tertiary/aromatic N) is 5. The predicted molar refractivity (Wildman–Crippen MR) is 105 cm³/mol. The molecule has 0 spiro atoms. The molecule has 4 rings (SSSR count). The first kappa shape index (κ1) is 18.3. The minimum Gasteiger partial charge on any atom is -0.484 e. The van der Waals surface area contributed by atoms with E-state index < -0.39 is 0 Å². The van der Waals surface area contributed by atoms with Gasteiger partial charge in [0, 0.05) is 0 Å². The third-order valence-electron chi connectivity index (χ3n) is 4.18. The first-order valence-corrected chi connectivity index (χ1v) is 9.77. The number of aromatic nitrogens is 3. The van der Waals surface area contributed by atoms with Crippen molar-refractivity contribution in [2.24, 2.45) is 0 Å². The van der Waals surface area contributed by atoms with Gasteiger partial charge < -0.3 is 4.74 Å². The number of halogens is 1. The molecule has 9 heteroatoms. The molecule has 28 heavy (non-hydrogen) atoms. The van der Waals surface area contributed by atoms with Gasteiger partial charge >= 0.3 is 0 Å². The number of hydrogen-bond donors (Lipinski definition) is 0. The molecular weight excluding hydrogens is 398 g/mol. The van der Waals surface area contributed by atoms with E-state index in [1.807, 2.05) is 24.3 Å². The number of hydrogen-bond acceptors (Lipinski definition) is 6. The highest BCUT2D eigenvalue weighted by atomic mass is 35.5. The fourth-order valence-corrected chi connectivity index (χ4v) is 3.84. The summed E-state index contributed by atoms with van der Waals surface area (Å²) in [5.41, 5.74) is 1.28. The maximum Gasteiger partial charge on any atom is 0.252 e. The standard InChI is InChI=1S/C19H14ClN5O2S/c20-15-7-3-4-8-16(15)27-11-17-22-23-19-25(17)24(18(26)12-28-19)10-14-6-2-1-5-13(14)9-21/h1-8H,10-12H2. The topological polar surface area (TPSA) is 84.0 Å². The van der Waals surface area contributed by atoms with Gasteiger partial charge in [-0.2, -0.15) is 5.26 Å². The van der Waals surface area contributed by atoms with Gasteiger partial charge in [0.15, 0.2) is 5.82 Å². The van der Waals surface area contributed by atoms with E-state index in [0.29, 0.717) is 27.3 Å². The Kier molecular flexibility index (Phi) is 5.19. The van der Waals surface area contributed by atoms with Gasteiger partial charge in [-0.15, -0.1) is 10.2 Å². The zero-order valence-corrected chi connectivity index (χ0v) is 16.2. The lowest BCUT2D eigenvalue weighted by Gasteiger charge is -2.29. The molecule has 1 amide bonds. The van der Waals surface area contributed by atoms with Crippen LogP contribution in [-0.2, 0) is 17.9 Å². The van der Waals surface area contributed by atoms with Crippen molar-refractivity contribution < 1.29 is 9.53 Å². The molecule has 2 heterocycles. The molecule has 7 nitrogen and oxygen atoms in total. The van der Waals surface area contributed by atoms with Crippen LogP contribution in [0.4, 0.5) is 0 Å². The van der Waals surface area contributed by atoms with Crippen molar-refractivity contribution in [3.05, 3.63) is 70.5 Å². The molecule has 0 bridgehead atoms. The van der Waals surface area contributed by atoms with Crippen molar-refractivity contribution in [3.8, 4) is 11.8 Å². The van der Waals surface area contributed by atoms with Crippen molar-refractivity contribution in [1.82, 2.24) is 14.9 Å². The molecule has 0 saturated heterocycles. The number of carbonyl (C=O) groups is 1. The van der Waals surface area contributed by atoms with Crippen LogP contribution in [0.5, 0.6) is 5.75 Å². The predicted octanol–water partition coefficient (Wildman–Crippen LogP) is 3.15. The Morgan fingerprint density at radius 3 is 2.79 bits per heavy atom. The molecule has 1 aliphatic heterocycles. The monoisotopic (exact) mass is 411 g/mol. The van der Waals surface area contributed by atoms with Crippen LogP contribution in [0.2, 0.25) is 5.02 Å². The van der Waals surface area contributed by atoms with Crippen molar-refractivity contribution >= 4 is 29.3 Å². The fourth-order valence-electron chi connectivity index (χ4n) is 2.82. The Bertz CT molecular complexity index is 1080. The van der Waals surface area contributed by atoms with Gasteiger partial charge in [0.25, 0.3) is 5.91 Å². The molecular formula is C19H14ClN5O2S. The summed E-state index contributed by atoms with van der Waals surface area (Å²) >= 11 is 7.45. The fraction of sp³-hybridized carbons (Fsp3) is 0.158. The zero-order chi connectivity index (χ0) is 19.5. The van der Waals surface area contributed by atoms with Crippen LogP contribution in [0.15, 0.2) is 53.7 Å². The Morgan fingerprint density at radius 1 is 1.18 bits per heavy atom. The highest BCUT2D eigenvalue weighted by molar-refractivity contribution is 7.99. The number of thioether (sulfide) groups is 1. The molecule has 0 N–H and O–H groups in total. The maximum atomic E-state index is 12.6. The second-order valence-corrected chi connectivity index (χ2v) is 7.29. The van der Waals surface area contributed by atoms with Gasteiger partial charge in [0.2, 0.25) is 5.16 Å². The smallest absolute Gasteiger partial charge is 0.252 e. The molecule has 1 aromatic heterocycles. The lowest BCUT2D eigenvalue weighted by atomic mass is 10.1. The summed E-state index contributed by atoms with van der Waals surface area (Å²) in [5, 5.41) is 20.3. The number of amides is 1. The largest absolute Gasteiger partial charge is 0.484 e. The molecule has 0 unspecified atom stereocenters. The first-order valence-electron chi connectivity index (χ1n) is 8.40. The summed E-state index contributed by atoms with van der Waals surface area (Å²) < 4.78 is 7.43. The average molecular weight is 412 g/mol. The normalized spacial score (nSPS) is 13.1. The molecule has 0 saturated carbocycles. The van der Waals surface area contributed by atoms with Crippen molar-refractivity contribution in [1.29, 1.82) is 5.26 Å². The number of para-hydroxylation sites is 1. The van der Waals surface area contributed by atoms with E-state index in [4.69, 9.17) is 16.3 Å². The van der Waals surface area contributed by atoms with Crippen LogP contribution >= 0.6 is 23.4 Å². The van der Waals surface area contributed by atoms with E-state index in [-0.39, 0.29) is 24.8 Å². The second kappa shape index (κ2) is 7.92. The highest BCUT2D eigenvalue weighted by Crippen LogP contribution is 2.27. The summed E-state index contributed by atoms with van der Waals surface area (Å²) in [6.45, 7) is 0.341. The SMILES string of the molecule is N#Cc1ccccc1CN1C(=O)CSc2nnc(COc3ccccc3Cl)n21. The average Bonchev–Trinajstić information content (AvgIpc) is 3.13. The maximum absolute atomic E-state index is 12.6. The van der Waals surface area contributed by atoms with Crippen molar-refractivity contribution in [3.63, 3.8) is 0 Å². The third kappa shape index (κ3) is 3.54. The van der Waals surface area contributed by atoms with Gasteiger partial charge in [-0.25, -0.2) is 9.69 Å². The molecule has 0 atom stereocenters. The second-order valence-electron chi connectivity index (χ2n) is 5.94. The van der Waals surface area contributed by atoms with Gasteiger partial charge in [0.05, 0.1) is 29.0 Å². The van der Waals surface area contributed by atoms with Crippen LogP contribution in [-0.4, -0.2) is 26.5 Å². The third-order valence-corrected chi connectivity index (χ3v) is 5.40. The Balaban J connectivity index is 1.63. The molecule has 140 valence electrons. The number of rotatable bonds is 5. The molecule has 0 fully saturated rings. The van der Waals surface area contributed by atoms with Crippen LogP contribution in [0.1, 0.15) is 17.0 Å². The van der Waals surface area contributed by atoms with Gasteiger partial charge in [0.1, 0.15) is 12.4 Å². The number of carbonyl (C=O) groups excluding carboxylic acids is 1. The molecule has 2 aromatic carbocycles. The molecule has 1 aliphatic rings. The van der Waals surface area contributed by atoms with Crippen LogP contribution in [0, 0.1) is 11.3 Å². The number of fused-ring (bicyclic) bond motifs is 1. The summed E-state index contributed by atoms with van der Waals surface area (Å²) in [6, 6.07) is 16.5. The van der Waals surface area contributed by atoms with Crippen LogP contribution in [0.25, 0.3) is 0 Å². The lowest BCUT2D eigenvalue weighted by Crippen LogP contribution is -2.45. The highest BCUT2D eigenvalue weighted by Gasteiger charge is 2.29. The number of ether oxygens (including phenoxy) is 1. The van der Waals surface area contributed by atoms with E-state index >= 15 is 0 Å². The van der Waals surface area contributed by atoms with E-state index in [0.717, 1.165) is 5.56 Å². The van der Waals surface area contributed by atoms with Crippen molar-refractivity contribution in [2.45, 2.75) is 18.3 Å². The van der Waals surface area contributed by atoms with Gasteiger partial charge in [-0.05, 0) is 23.8 Å². The van der Waals surface area contributed by atoms with E-state index in [2.05, 4.69) is 16.3 Å². The van der Waals surface area contributed by atoms with Crippen LogP contribution in [0.3, 0.4) is 0 Å². The summed E-state index contributed by atoms with van der Waals surface area (Å²) in [5.74, 6) is 1.17. The van der Waals surface area contributed by atoms with E-state index in [1.54, 1.807) is 34.0 Å². The lowest BCUT2D eigenvalue weighted by molar-refractivity contribution is -0.118. The Hall–Kier alpha value is -3.02. The Labute approximate surface area is 170 Å². The quantitative estimate of drug-likeness (QED) is 0.641. The van der Waals surface area contributed by atoms with Crippen molar-refractivity contribution in [2.75, 3.05) is 10.8 Å². The minimum absolute atomic E-state index is 0.0935. The van der Waals surface area contributed by atoms with Gasteiger partial charge in [-0.3, -0.25) is 4.79 Å². The summed E-state index contributed by atoms with van der Waals surface area (Å²) in [6.07, 6.45) is 0. The van der Waals surface area contributed by atoms with Gasteiger partial charge in [-0.1, -0.05) is 53.7 Å². The summed E-state index contributed by atoms with van der Waals surface area (Å²) in [7, 11) is 0. The molecule has 3 aromatic rings. The minimum atomic E-state index is -0.0935.